The van der Waals surface area contributed by atoms with Crippen LogP contribution in [-0.4, -0.2) is 5.91 Å². The molecule has 0 fully saturated rings. The van der Waals surface area contributed by atoms with Gasteiger partial charge in [0.1, 0.15) is 0 Å². The number of hydrogen-bond donors (Lipinski definition) is 2. The summed E-state index contributed by atoms with van der Waals surface area (Å²) in [7, 11) is 0. The van der Waals surface area contributed by atoms with Crippen LogP contribution in [0, 0.1) is 20.8 Å². The minimum atomic E-state index is -0.0691. The molecule has 1 heterocycles. The predicted molar refractivity (Wildman–Crippen MR) is 77.3 cm³/mol. The highest BCUT2D eigenvalue weighted by Crippen LogP contribution is 2.22. The number of anilines is 2. The number of nitrogens with one attached hydrogen (secondary N) is 1. The van der Waals surface area contributed by atoms with E-state index < -0.39 is 0 Å². The lowest BCUT2D eigenvalue weighted by atomic mass is 10.2. The summed E-state index contributed by atoms with van der Waals surface area (Å²) in [6.07, 6.45) is 0. The molecule has 0 unspecified atom stereocenters. The van der Waals surface area contributed by atoms with Gasteiger partial charge in [-0.1, -0.05) is 0 Å². The highest BCUT2D eigenvalue weighted by molar-refractivity contribution is 7.14. The number of benzene rings is 1. The van der Waals surface area contributed by atoms with Crippen LogP contribution in [0.2, 0.25) is 0 Å². The monoisotopic (exact) mass is 260 g/mol. The second-order valence-electron chi connectivity index (χ2n) is 4.38. The van der Waals surface area contributed by atoms with Gasteiger partial charge < -0.3 is 11.1 Å². The number of carbonyl (C=O) groups is 1. The van der Waals surface area contributed by atoms with Crippen LogP contribution < -0.4 is 11.1 Å². The first-order valence-electron chi connectivity index (χ1n) is 5.72. The van der Waals surface area contributed by atoms with Crippen molar-refractivity contribution in [3.63, 3.8) is 0 Å². The molecular weight excluding hydrogens is 244 g/mol. The van der Waals surface area contributed by atoms with Gasteiger partial charge in [0, 0.05) is 16.3 Å². The number of amides is 1. The van der Waals surface area contributed by atoms with E-state index in [0.29, 0.717) is 0 Å². The second-order valence-corrected chi connectivity index (χ2v) is 5.63. The van der Waals surface area contributed by atoms with Gasteiger partial charge in [-0.25, -0.2) is 0 Å². The Morgan fingerprint density at radius 2 is 1.89 bits per heavy atom. The van der Waals surface area contributed by atoms with Crippen LogP contribution in [-0.2, 0) is 0 Å². The summed E-state index contributed by atoms with van der Waals surface area (Å²) in [5, 5.41) is 2.88. The molecule has 1 aromatic carbocycles. The third-order valence-corrected chi connectivity index (χ3v) is 4.07. The predicted octanol–water partition coefficient (Wildman–Crippen LogP) is 3.51. The van der Waals surface area contributed by atoms with Gasteiger partial charge in [0.05, 0.1) is 4.88 Å². The molecule has 0 saturated carbocycles. The molecule has 18 heavy (non-hydrogen) atoms. The van der Waals surface area contributed by atoms with Crippen LogP contribution in [0.1, 0.15) is 25.7 Å². The molecule has 0 aliphatic rings. The number of hydrogen-bond acceptors (Lipinski definition) is 3. The molecule has 2 aromatic rings. The molecule has 0 spiro atoms. The fourth-order valence-electron chi connectivity index (χ4n) is 1.63. The first-order valence-corrected chi connectivity index (χ1v) is 6.53. The van der Waals surface area contributed by atoms with Gasteiger partial charge in [-0.3, -0.25) is 4.79 Å². The summed E-state index contributed by atoms with van der Waals surface area (Å²) in [6.45, 7) is 5.95. The van der Waals surface area contributed by atoms with E-state index in [-0.39, 0.29) is 5.91 Å². The molecule has 0 aliphatic heterocycles. The number of thiophene rings is 1. The van der Waals surface area contributed by atoms with Gasteiger partial charge in [-0.05, 0) is 56.2 Å². The van der Waals surface area contributed by atoms with Crippen molar-refractivity contribution in [1.82, 2.24) is 0 Å². The Balaban J connectivity index is 2.18. The zero-order chi connectivity index (χ0) is 13.3. The highest BCUT2D eigenvalue weighted by Gasteiger charge is 2.10. The SMILES string of the molecule is Cc1cc(NC(=O)c2cc(C)c(C)s2)ccc1N. The summed E-state index contributed by atoms with van der Waals surface area (Å²) in [5.74, 6) is -0.0691. The third-order valence-electron chi connectivity index (χ3n) is 2.92. The topological polar surface area (TPSA) is 55.1 Å². The summed E-state index contributed by atoms with van der Waals surface area (Å²) in [6, 6.07) is 7.41. The highest BCUT2D eigenvalue weighted by atomic mass is 32.1. The Morgan fingerprint density at radius 3 is 2.44 bits per heavy atom. The zero-order valence-corrected chi connectivity index (χ0v) is 11.5. The summed E-state index contributed by atoms with van der Waals surface area (Å²) >= 11 is 1.51. The molecule has 0 radical (unpaired) electrons. The van der Waals surface area contributed by atoms with E-state index in [0.717, 1.165) is 27.4 Å². The molecule has 0 aliphatic carbocycles. The van der Waals surface area contributed by atoms with Crippen LogP contribution in [0.15, 0.2) is 24.3 Å². The Labute approximate surface area is 111 Å². The Hall–Kier alpha value is -1.81. The van der Waals surface area contributed by atoms with Crippen molar-refractivity contribution in [3.8, 4) is 0 Å². The van der Waals surface area contributed by atoms with Gasteiger partial charge in [-0.2, -0.15) is 0 Å². The van der Waals surface area contributed by atoms with E-state index in [1.54, 1.807) is 6.07 Å². The lowest BCUT2D eigenvalue weighted by Gasteiger charge is -2.06. The van der Waals surface area contributed by atoms with E-state index in [9.17, 15) is 4.79 Å². The van der Waals surface area contributed by atoms with Crippen molar-refractivity contribution in [2.45, 2.75) is 20.8 Å². The molecule has 4 heteroatoms. The number of aryl methyl sites for hydroxylation is 3. The van der Waals surface area contributed by atoms with Crippen LogP contribution in [0.4, 0.5) is 11.4 Å². The van der Waals surface area contributed by atoms with E-state index in [1.807, 2.05) is 39.0 Å². The quantitative estimate of drug-likeness (QED) is 0.812. The Kier molecular flexibility index (Phi) is 3.39. The summed E-state index contributed by atoms with van der Waals surface area (Å²) in [5.41, 5.74) is 9.36. The van der Waals surface area contributed by atoms with Gasteiger partial charge in [0.2, 0.25) is 0 Å². The van der Waals surface area contributed by atoms with E-state index in [4.69, 9.17) is 5.73 Å². The molecule has 0 bridgehead atoms. The molecule has 0 atom stereocenters. The molecule has 3 N–H and O–H groups in total. The number of carbonyl (C=O) groups excluding carboxylic acids is 1. The molecule has 2 rings (SSSR count). The second kappa shape index (κ2) is 4.82. The maximum absolute atomic E-state index is 12.0. The van der Waals surface area contributed by atoms with Gasteiger partial charge in [0.15, 0.2) is 0 Å². The average molecular weight is 260 g/mol. The minimum Gasteiger partial charge on any atom is -0.399 e. The lowest BCUT2D eigenvalue weighted by molar-refractivity contribution is 0.103. The van der Waals surface area contributed by atoms with Gasteiger partial charge in [0.25, 0.3) is 5.91 Å². The van der Waals surface area contributed by atoms with E-state index in [1.165, 1.54) is 16.2 Å². The van der Waals surface area contributed by atoms with Gasteiger partial charge in [-0.15, -0.1) is 11.3 Å². The molecule has 3 nitrogen and oxygen atoms in total. The van der Waals surface area contributed by atoms with E-state index in [2.05, 4.69) is 5.32 Å². The number of rotatable bonds is 2. The normalized spacial score (nSPS) is 10.4. The maximum atomic E-state index is 12.0. The largest absolute Gasteiger partial charge is 0.399 e. The number of nitrogen functional groups attached to an aromatic ring is 1. The number of nitrogens with two attached hydrogens (primary N) is 1. The van der Waals surface area contributed by atoms with Crippen molar-refractivity contribution in [2.24, 2.45) is 0 Å². The average Bonchev–Trinajstić information content (AvgIpc) is 2.65. The molecule has 94 valence electrons. The van der Waals surface area contributed by atoms with Crippen molar-refractivity contribution < 1.29 is 4.79 Å². The fraction of sp³-hybridized carbons (Fsp3) is 0.214. The molecule has 1 amide bonds. The molecular formula is C14H16N2OS. The summed E-state index contributed by atoms with van der Waals surface area (Å²) < 4.78 is 0. The van der Waals surface area contributed by atoms with Crippen LogP contribution in [0.3, 0.4) is 0 Å². The standard InChI is InChI=1S/C14H16N2OS/c1-8-7-13(18-10(8)3)14(17)16-11-4-5-12(15)9(2)6-11/h4-7H,15H2,1-3H3,(H,16,17). The first kappa shape index (κ1) is 12.6. The Bertz CT molecular complexity index is 582. The zero-order valence-electron chi connectivity index (χ0n) is 10.7. The summed E-state index contributed by atoms with van der Waals surface area (Å²) in [4.78, 5) is 14.0. The lowest BCUT2D eigenvalue weighted by Crippen LogP contribution is -2.10. The van der Waals surface area contributed by atoms with Crippen LogP contribution >= 0.6 is 11.3 Å². The molecule has 0 saturated heterocycles. The first-order chi connectivity index (χ1) is 8.47. The van der Waals surface area contributed by atoms with Crippen molar-refractivity contribution in [1.29, 1.82) is 0 Å². The Morgan fingerprint density at radius 1 is 1.17 bits per heavy atom. The van der Waals surface area contributed by atoms with Crippen molar-refractivity contribution >= 4 is 28.6 Å². The van der Waals surface area contributed by atoms with Crippen LogP contribution in [0.5, 0.6) is 0 Å². The molecule has 1 aromatic heterocycles. The van der Waals surface area contributed by atoms with Crippen LogP contribution in [0.25, 0.3) is 0 Å². The smallest absolute Gasteiger partial charge is 0.265 e. The minimum absolute atomic E-state index is 0.0691. The maximum Gasteiger partial charge on any atom is 0.265 e. The van der Waals surface area contributed by atoms with Crippen molar-refractivity contribution in [2.75, 3.05) is 11.1 Å². The fourth-order valence-corrected chi connectivity index (χ4v) is 2.56. The van der Waals surface area contributed by atoms with E-state index >= 15 is 0 Å². The van der Waals surface area contributed by atoms with Crippen molar-refractivity contribution in [3.05, 3.63) is 45.1 Å². The van der Waals surface area contributed by atoms with Gasteiger partial charge >= 0.3 is 0 Å². The third kappa shape index (κ3) is 2.54.